The van der Waals surface area contributed by atoms with Crippen molar-refractivity contribution in [2.45, 2.75) is 6.17 Å². The lowest BCUT2D eigenvalue weighted by molar-refractivity contribution is 0.668. The van der Waals surface area contributed by atoms with Crippen molar-refractivity contribution in [1.82, 2.24) is 5.32 Å². The fourth-order valence-electron chi connectivity index (χ4n) is 7.79. The molecule has 8 aromatic carbocycles. The van der Waals surface area contributed by atoms with E-state index in [0.29, 0.717) is 5.84 Å². The van der Waals surface area contributed by atoms with Crippen LogP contribution in [0.25, 0.3) is 76.5 Å². The number of benzene rings is 8. The molecule has 0 saturated heterocycles. The van der Waals surface area contributed by atoms with Crippen molar-refractivity contribution in [3.05, 3.63) is 180 Å². The highest BCUT2D eigenvalue weighted by molar-refractivity contribution is 6.23. The number of fused-ring (bicyclic) bond motifs is 9. The number of furan rings is 2. The van der Waals surface area contributed by atoms with Crippen LogP contribution in [-0.2, 0) is 0 Å². The monoisotopic (exact) mass is 667 g/mol. The summed E-state index contributed by atoms with van der Waals surface area (Å²) in [5.74, 6) is 1.41. The predicted molar refractivity (Wildman–Crippen MR) is 213 cm³/mol. The van der Waals surface area contributed by atoms with Crippen LogP contribution < -0.4 is 5.32 Å². The zero-order valence-electron chi connectivity index (χ0n) is 27.9. The zero-order chi connectivity index (χ0) is 34.2. The van der Waals surface area contributed by atoms with Crippen molar-refractivity contribution in [2.75, 3.05) is 0 Å². The van der Waals surface area contributed by atoms with Crippen molar-refractivity contribution in [3.8, 4) is 11.1 Å². The Morgan fingerprint density at radius 3 is 1.98 bits per heavy atom. The van der Waals surface area contributed by atoms with Crippen molar-refractivity contribution in [1.29, 1.82) is 0 Å². The number of para-hydroxylation sites is 2. The van der Waals surface area contributed by atoms with Gasteiger partial charge in [0.2, 0.25) is 0 Å². The fraction of sp³-hybridized carbons (Fsp3) is 0.0213. The van der Waals surface area contributed by atoms with E-state index >= 15 is 0 Å². The average Bonchev–Trinajstić information content (AvgIpc) is 3.78. The van der Waals surface area contributed by atoms with E-state index in [1.165, 1.54) is 21.5 Å². The van der Waals surface area contributed by atoms with Crippen molar-refractivity contribution < 1.29 is 8.83 Å². The lowest BCUT2D eigenvalue weighted by Gasteiger charge is -2.24. The second-order valence-corrected chi connectivity index (χ2v) is 13.4. The molecule has 1 N–H and O–H groups in total. The molecule has 2 aromatic heterocycles. The lowest BCUT2D eigenvalue weighted by atomic mass is 9.96. The van der Waals surface area contributed by atoms with Crippen LogP contribution in [0.3, 0.4) is 0 Å². The molecule has 1 aliphatic rings. The highest BCUT2D eigenvalue weighted by Crippen LogP contribution is 2.39. The molecule has 1 unspecified atom stereocenters. The molecule has 5 heteroatoms. The van der Waals surface area contributed by atoms with Gasteiger partial charge in [0, 0.05) is 32.7 Å². The Hall–Kier alpha value is -6.98. The third kappa shape index (κ3) is 4.56. The third-order valence-corrected chi connectivity index (χ3v) is 10.3. The molecular weight excluding hydrogens is 639 g/mol. The van der Waals surface area contributed by atoms with Gasteiger partial charge < -0.3 is 14.2 Å². The maximum atomic E-state index is 6.55. The van der Waals surface area contributed by atoms with Gasteiger partial charge in [-0.1, -0.05) is 121 Å². The first-order valence-electron chi connectivity index (χ1n) is 17.5. The van der Waals surface area contributed by atoms with Crippen molar-refractivity contribution in [2.24, 2.45) is 9.98 Å². The van der Waals surface area contributed by atoms with Gasteiger partial charge in [-0.15, -0.1) is 0 Å². The minimum Gasteiger partial charge on any atom is -0.456 e. The molecular formula is C47H29N3O2. The van der Waals surface area contributed by atoms with Gasteiger partial charge >= 0.3 is 0 Å². The van der Waals surface area contributed by atoms with Crippen LogP contribution in [0.15, 0.2) is 183 Å². The number of rotatable bonds is 4. The van der Waals surface area contributed by atoms with Crippen LogP contribution in [0.1, 0.15) is 22.9 Å². The number of amidine groups is 2. The van der Waals surface area contributed by atoms with Gasteiger partial charge in [0.05, 0.1) is 0 Å². The summed E-state index contributed by atoms with van der Waals surface area (Å²) in [4.78, 5) is 10.6. The molecule has 0 bridgehead atoms. The Labute approximate surface area is 298 Å². The maximum absolute atomic E-state index is 6.55. The third-order valence-electron chi connectivity index (χ3n) is 10.3. The smallest absolute Gasteiger partial charge is 0.160 e. The predicted octanol–water partition coefficient (Wildman–Crippen LogP) is 12.0. The highest BCUT2D eigenvalue weighted by Gasteiger charge is 2.25. The molecule has 5 nitrogen and oxygen atoms in total. The average molecular weight is 668 g/mol. The number of hydrogen-bond acceptors (Lipinski definition) is 5. The fourth-order valence-corrected chi connectivity index (χ4v) is 7.79. The molecule has 0 saturated carbocycles. The summed E-state index contributed by atoms with van der Waals surface area (Å²) < 4.78 is 12.8. The van der Waals surface area contributed by atoms with E-state index < -0.39 is 0 Å². The van der Waals surface area contributed by atoms with E-state index in [9.17, 15) is 0 Å². The largest absolute Gasteiger partial charge is 0.456 e. The van der Waals surface area contributed by atoms with E-state index in [0.717, 1.165) is 77.5 Å². The van der Waals surface area contributed by atoms with Crippen molar-refractivity contribution >= 4 is 77.1 Å². The summed E-state index contributed by atoms with van der Waals surface area (Å²) >= 11 is 0. The van der Waals surface area contributed by atoms with E-state index in [4.69, 9.17) is 18.8 Å². The number of aliphatic imine (C=N–C) groups is 2. The normalized spacial score (nSPS) is 14.7. The van der Waals surface area contributed by atoms with Crippen LogP contribution in [-0.4, -0.2) is 11.7 Å². The highest BCUT2D eigenvalue weighted by atomic mass is 16.3. The molecule has 0 aliphatic carbocycles. The molecule has 0 amide bonds. The second kappa shape index (κ2) is 11.3. The van der Waals surface area contributed by atoms with Gasteiger partial charge in [-0.05, 0) is 80.7 Å². The summed E-state index contributed by atoms with van der Waals surface area (Å²) in [5, 5.41) is 12.8. The summed E-state index contributed by atoms with van der Waals surface area (Å²) in [5.41, 5.74) is 8.31. The molecule has 1 aliphatic heterocycles. The van der Waals surface area contributed by atoms with Gasteiger partial charge in [-0.2, -0.15) is 0 Å². The molecule has 0 spiro atoms. The Bertz CT molecular complexity index is 3110. The zero-order valence-corrected chi connectivity index (χ0v) is 27.9. The number of nitrogens with zero attached hydrogens (tertiary/aromatic N) is 2. The molecule has 244 valence electrons. The van der Waals surface area contributed by atoms with Gasteiger partial charge in [-0.3, -0.25) is 0 Å². The van der Waals surface area contributed by atoms with Crippen LogP contribution >= 0.6 is 0 Å². The van der Waals surface area contributed by atoms with E-state index in [1.54, 1.807) is 0 Å². The molecule has 0 fully saturated rings. The maximum Gasteiger partial charge on any atom is 0.160 e. The van der Waals surface area contributed by atoms with Gasteiger partial charge in [-0.25, -0.2) is 9.98 Å². The quantitative estimate of drug-likeness (QED) is 0.190. The van der Waals surface area contributed by atoms with Crippen LogP contribution in [0.5, 0.6) is 0 Å². The summed E-state index contributed by atoms with van der Waals surface area (Å²) in [6.07, 6.45) is -0.373. The first kappa shape index (κ1) is 28.8. The van der Waals surface area contributed by atoms with Gasteiger partial charge in [0.25, 0.3) is 0 Å². The molecule has 52 heavy (non-hydrogen) atoms. The van der Waals surface area contributed by atoms with E-state index in [1.807, 2.05) is 48.5 Å². The Balaban J connectivity index is 1.13. The van der Waals surface area contributed by atoms with Crippen molar-refractivity contribution in [3.63, 3.8) is 0 Å². The first-order chi connectivity index (χ1) is 25.7. The topological polar surface area (TPSA) is 63.0 Å². The second-order valence-electron chi connectivity index (χ2n) is 13.4. The Morgan fingerprint density at radius 1 is 0.442 bits per heavy atom. The molecule has 10 aromatic rings. The van der Waals surface area contributed by atoms with E-state index in [-0.39, 0.29) is 6.17 Å². The van der Waals surface area contributed by atoms with Gasteiger partial charge in [0.15, 0.2) is 5.84 Å². The van der Waals surface area contributed by atoms with E-state index in [2.05, 4.69) is 121 Å². The minimum absolute atomic E-state index is 0.373. The molecule has 1 atom stereocenters. The van der Waals surface area contributed by atoms with Crippen LogP contribution in [0, 0.1) is 0 Å². The van der Waals surface area contributed by atoms with Gasteiger partial charge in [0.1, 0.15) is 34.3 Å². The SMILES string of the molecule is c1ccc(C2=NC(c3cc(-c4ccc5c(c4)oc4ccccc45)cc4oc5ccccc5c34)=NC(c3ccc4c(ccc5ccccc54)c3)N2)cc1. The lowest BCUT2D eigenvalue weighted by Crippen LogP contribution is -2.33. The first-order valence-corrected chi connectivity index (χ1v) is 17.5. The Kier molecular flexibility index (Phi) is 6.25. The molecule has 11 rings (SSSR count). The summed E-state index contributed by atoms with van der Waals surface area (Å²) in [6, 6.07) is 56.9. The Morgan fingerprint density at radius 2 is 1.10 bits per heavy atom. The summed E-state index contributed by atoms with van der Waals surface area (Å²) in [6.45, 7) is 0. The molecule has 0 radical (unpaired) electrons. The summed E-state index contributed by atoms with van der Waals surface area (Å²) in [7, 11) is 0. The van der Waals surface area contributed by atoms with Crippen LogP contribution in [0.4, 0.5) is 0 Å². The molecule has 3 heterocycles. The number of hydrogen-bond donors (Lipinski definition) is 1. The standard InChI is InChI=1S/C47H29N3O2/c1-2-11-29(12-3-1)45-48-46(32-21-22-35-31(24-32)19-18-28-10-4-5-13-34(28)35)50-47(49-45)39-25-33(27-43-44(39)38-15-7-9-17-41(38)52-43)30-20-23-37-36-14-6-8-16-40(36)51-42(37)26-30/h1-27,46H,(H,48,49,50). The van der Waals surface area contributed by atoms with Crippen LogP contribution in [0.2, 0.25) is 0 Å². The minimum atomic E-state index is -0.373. The number of nitrogens with one attached hydrogen (secondary N) is 1.